The van der Waals surface area contributed by atoms with Gasteiger partial charge in [-0.2, -0.15) is 0 Å². The molecular weight excluding hydrogens is 393 g/mol. The summed E-state index contributed by atoms with van der Waals surface area (Å²) in [5.74, 6) is 1.13. The van der Waals surface area contributed by atoms with Gasteiger partial charge < -0.3 is 15.1 Å². The molecule has 0 aliphatic carbocycles. The molecule has 2 fully saturated rings. The lowest BCUT2D eigenvalue weighted by molar-refractivity contribution is 0.279. The third kappa shape index (κ3) is 6.05. The number of halogens is 1. The number of sulfonamides is 1. The monoisotopic (exact) mass is 425 g/mol. The highest BCUT2D eigenvalue weighted by Crippen LogP contribution is 2.20. The summed E-state index contributed by atoms with van der Waals surface area (Å²) in [4.78, 5) is 9.39. The highest BCUT2D eigenvalue weighted by molar-refractivity contribution is 7.88. The molecule has 7 nitrogen and oxygen atoms in total. The van der Waals surface area contributed by atoms with Crippen molar-refractivity contribution in [3.8, 4) is 0 Å². The molecule has 29 heavy (non-hydrogen) atoms. The Morgan fingerprint density at radius 3 is 2.28 bits per heavy atom. The molecule has 1 N–H and O–H groups in total. The summed E-state index contributed by atoms with van der Waals surface area (Å²) in [5.41, 5.74) is 1.05. The number of hydrogen-bond donors (Lipinski definition) is 1. The van der Waals surface area contributed by atoms with Crippen molar-refractivity contribution in [2.75, 3.05) is 63.5 Å². The normalized spacial score (nSPS) is 20.2. The van der Waals surface area contributed by atoms with Crippen LogP contribution < -0.4 is 10.2 Å². The van der Waals surface area contributed by atoms with Gasteiger partial charge in [0, 0.05) is 58.0 Å². The molecule has 3 rings (SSSR count). The van der Waals surface area contributed by atoms with E-state index in [1.165, 1.54) is 18.4 Å². The van der Waals surface area contributed by atoms with E-state index in [0.29, 0.717) is 19.0 Å². The zero-order valence-corrected chi connectivity index (χ0v) is 18.2. The summed E-state index contributed by atoms with van der Waals surface area (Å²) in [6.45, 7) is 8.21. The minimum Gasteiger partial charge on any atom is -0.368 e. The Balaban J connectivity index is 1.53. The van der Waals surface area contributed by atoms with Crippen molar-refractivity contribution in [2.45, 2.75) is 19.8 Å². The smallest absolute Gasteiger partial charge is 0.211 e. The van der Waals surface area contributed by atoms with Crippen LogP contribution in [-0.4, -0.2) is 82.2 Å². The van der Waals surface area contributed by atoms with Crippen molar-refractivity contribution in [1.82, 2.24) is 14.5 Å². The summed E-state index contributed by atoms with van der Waals surface area (Å²) in [5, 5.41) is 3.39. The second-order valence-electron chi connectivity index (χ2n) is 7.75. The first-order chi connectivity index (χ1) is 13.9. The molecule has 2 saturated heterocycles. The zero-order valence-electron chi connectivity index (χ0n) is 17.3. The molecule has 0 saturated carbocycles. The summed E-state index contributed by atoms with van der Waals surface area (Å²) >= 11 is 0. The van der Waals surface area contributed by atoms with Gasteiger partial charge in [-0.15, -0.1) is 0 Å². The van der Waals surface area contributed by atoms with Gasteiger partial charge in [-0.1, -0.05) is 0 Å². The molecule has 1 aromatic carbocycles. The molecule has 0 aromatic heterocycles. The van der Waals surface area contributed by atoms with E-state index < -0.39 is 10.0 Å². The van der Waals surface area contributed by atoms with Gasteiger partial charge in [-0.05, 0) is 49.9 Å². The molecule has 0 amide bonds. The minimum absolute atomic E-state index is 0.212. The number of piperazine rings is 1. The zero-order chi connectivity index (χ0) is 20.9. The number of aliphatic imine (C=N–C) groups is 1. The van der Waals surface area contributed by atoms with Crippen LogP contribution in [-0.2, 0) is 10.0 Å². The fourth-order valence-corrected chi connectivity index (χ4v) is 4.77. The quantitative estimate of drug-likeness (QED) is 0.573. The molecule has 0 atom stereocenters. The van der Waals surface area contributed by atoms with Crippen LogP contribution >= 0.6 is 0 Å². The summed E-state index contributed by atoms with van der Waals surface area (Å²) < 4.78 is 38.0. The maximum atomic E-state index is 13.1. The molecular formula is C20H32FN5O2S. The molecule has 0 bridgehead atoms. The molecule has 0 unspecified atom stereocenters. The third-order valence-electron chi connectivity index (χ3n) is 5.65. The largest absolute Gasteiger partial charge is 0.368 e. The number of piperidine rings is 1. The molecule has 162 valence electrons. The maximum Gasteiger partial charge on any atom is 0.211 e. The topological polar surface area (TPSA) is 68.2 Å². The van der Waals surface area contributed by atoms with Crippen molar-refractivity contribution in [3.05, 3.63) is 30.1 Å². The lowest BCUT2D eigenvalue weighted by Crippen LogP contribution is -2.52. The first kappa shape index (κ1) is 21.8. The van der Waals surface area contributed by atoms with E-state index in [9.17, 15) is 12.8 Å². The lowest BCUT2D eigenvalue weighted by Gasteiger charge is -2.38. The Morgan fingerprint density at radius 1 is 1.10 bits per heavy atom. The van der Waals surface area contributed by atoms with Gasteiger partial charge in [0.15, 0.2) is 5.96 Å². The first-order valence-electron chi connectivity index (χ1n) is 10.4. The van der Waals surface area contributed by atoms with E-state index in [0.717, 1.165) is 63.8 Å². The molecule has 2 heterocycles. The van der Waals surface area contributed by atoms with Crippen LogP contribution in [0.5, 0.6) is 0 Å². The average molecular weight is 426 g/mol. The van der Waals surface area contributed by atoms with Crippen LogP contribution in [0.3, 0.4) is 0 Å². The molecule has 0 radical (unpaired) electrons. The third-order valence-corrected chi connectivity index (χ3v) is 6.95. The van der Waals surface area contributed by atoms with E-state index in [1.54, 1.807) is 4.31 Å². The predicted molar refractivity (Wildman–Crippen MR) is 115 cm³/mol. The van der Waals surface area contributed by atoms with Gasteiger partial charge in [0.05, 0.1) is 6.26 Å². The number of guanidine groups is 1. The molecule has 9 heteroatoms. The van der Waals surface area contributed by atoms with Crippen LogP contribution in [0, 0.1) is 11.7 Å². The van der Waals surface area contributed by atoms with Crippen molar-refractivity contribution in [2.24, 2.45) is 10.9 Å². The Kier molecular flexibility index (Phi) is 7.34. The predicted octanol–water partition coefficient (Wildman–Crippen LogP) is 1.58. The van der Waals surface area contributed by atoms with Crippen molar-refractivity contribution < 1.29 is 12.8 Å². The van der Waals surface area contributed by atoms with E-state index in [1.807, 2.05) is 12.1 Å². The number of hydrogen-bond acceptors (Lipinski definition) is 4. The molecule has 1 aromatic rings. The van der Waals surface area contributed by atoms with Gasteiger partial charge in [0.25, 0.3) is 0 Å². The highest BCUT2D eigenvalue weighted by Gasteiger charge is 2.25. The summed E-state index contributed by atoms with van der Waals surface area (Å²) in [7, 11) is -3.09. The van der Waals surface area contributed by atoms with Gasteiger partial charge >= 0.3 is 0 Å². The van der Waals surface area contributed by atoms with Gasteiger partial charge in [0.1, 0.15) is 5.82 Å². The summed E-state index contributed by atoms with van der Waals surface area (Å²) in [6.07, 6.45) is 2.99. The van der Waals surface area contributed by atoms with E-state index in [2.05, 4.69) is 22.0 Å². The van der Waals surface area contributed by atoms with Crippen LogP contribution in [0.1, 0.15) is 19.8 Å². The van der Waals surface area contributed by atoms with E-state index in [4.69, 9.17) is 4.99 Å². The van der Waals surface area contributed by atoms with E-state index >= 15 is 0 Å². The number of benzene rings is 1. The maximum absolute atomic E-state index is 13.1. The Hall–Kier alpha value is -1.87. The second-order valence-corrected chi connectivity index (χ2v) is 9.73. The minimum atomic E-state index is -3.09. The highest BCUT2D eigenvalue weighted by atomic mass is 32.2. The lowest BCUT2D eigenvalue weighted by atomic mass is 9.98. The average Bonchev–Trinajstić information content (AvgIpc) is 2.71. The molecule has 2 aliphatic rings. The van der Waals surface area contributed by atoms with Crippen molar-refractivity contribution in [1.29, 1.82) is 0 Å². The van der Waals surface area contributed by atoms with Gasteiger partial charge in [0.2, 0.25) is 10.0 Å². The van der Waals surface area contributed by atoms with Crippen molar-refractivity contribution >= 4 is 21.7 Å². The van der Waals surface area contributed by atoms with Crippen LogP contribution in [0.25, 0.3) is 0 Å². The summed E-state index contributed by atoms with van der Waals surface area (Å²) in [6, 6.07) is 6.66. The van der Waals surface area contributed by atoms with Gasteiger partial charge in [-0.3, -0.25) is 4.99 Å². The van der Waals surface area contributed by atoms with Crippen LogP contribution in [0.2, 0.25) is 0 Å². The second kappa shape index (κ2) is 9.75. The SMILES string of the molecule is CCNC(=NCC1CCN(S(C)(=O)=O)CC1)N1CCN(c2ccc(F)cc2)CC1. The Bertz CT molecular complexity index is 784. The molecule has 2 aliphatic heterocycles. The van der Waals surface area contributed by atoms with Crippen molar-refractivity contribution in [3.63, 3.8) is 0 Å². The number of nitrogens with zero attached hydrogens (tertiary/aromatic N) is 4. The number of anilines is 1. The Morgan fingerprint density at radius 2 is 1.72 bits per heavy atom. The standard InChI is InChI=1S/C20H32FN5O2S/c1-3-22-20(23-16-17-8-10-26(11-9-17)29(2,27)28)25-14-12-24(13-15-25)19-6-4-18(21)5-7-19/h4-7,17H,3,8-16H2,1-2H3,(H,22,23). The fraction of sp³-hybridized carbons (Fsp3) is 0.650. The Labute approximate surface area is 173 Å². The number of rotatable bonds is 5. The number of nitrogens with one attached hydrogen (secondary N) is 1. The first-order valence-corrected chi connectivity index (χ1v) is 12.2. The van der Waals surface area contributed by atoms with Gasteiger partial charge in [-0.25, -0.2) is 17.1 Å². The van der Waals surface area contributed by atoms with Crippen LogP contribution in [0.15, 0.2) is 29.3 Å². The fourth-order valence-electron chi connectivity index (χ4n) is 3.89. The molecule has 0 spiro atoms. The van der Waals surface area contributed by atoms with E-state index in [-0.39, 0.29) is 5.82 Å². The van der Waals surface area contributed by atoms with Crippen LogP contribution in [0.4, 0.5) is 10.1 Å².